The molecule has 1 amide bonds. The molecule has 1 aromatic heterocycles. The number of nitrogens with one attached hydrogen (secondary N) is 1. The highest BCUT2D eigenvalue weighted by molar-refractivity contribution is 6.32. The minimum absolute atomic E-state index is 0.138. The Hall–Kier alpha value is -2.05. The Labute approximate surface area is 146 Å². The van der Waals surface area contributed by atoms with E-state index in [1.165, 1.54) is 0 Å². The van der Waals surface area contributed by atoms with E-state index in [1.807, 2.05) is 12.1 Å². The van der Waals surface area contributed by atoms with Crippen LogP contribution in [0.3, 0.4) is 0 Å². The molecule has 0 atom stereocenters. The molecule has 2 aromatic rings. The fourth-order valence-electron chi connectivity index (χ4n) is 2.66. The summed E-state index contributed by atoms with van der Waals surface area (Å²) in [5.74, 6) is 0.452. The van der Waals surface area contributed by atoms with Gasteiger partial charge in [-0.1, -0.05) is 23.7 Å². The lowest BCUT2D eigenvalue weighted by molar-refractivity contribution is 0.0909. The summed E-state index contributed by atoms with van der Waals surface area (Å²) >= 11 is 6.04. The standard InChI is InChI=1S/C17H21ClN4O2/c1-21-9-6-13(7-10-21)19-17(23)15-8-11-22(20-15)12-24-16-5-3-2-4-14(16)18/h2-5,8,11,13H,6-7,9-10,12H2,1H3,(H,19,23). The molecule has 1 fully saturated rings. The summed E-state index contributed by atoms with van der Waals surface area (Å²) in [7, 11) is 2.10. The summed E-state index contributed by atoms with van der Waals surface area (Å²) in [4.78, 5) is 14.5. The molecular weight excluding hydrogens is 328 g/mol. The van der Waals surface area contributed by atoms with E-state index in [0.717, 1.165) is 25.9 Å². The molecule has 0 spiro atoms. The first kappa shape index (κ1) is 16.8. The van der Waals surface area contributed by atoms with E-state index in [4.69, 9.17) is 16.3 Å². The van der Waals surface area contributed by atoms with Gasteiger partial charge in [-0.2, -0.15) is 5.10 Å². The molecule has 1 N–H and O–H groups in total. The topological polar surface area (TPSA) is 59.4 Å². The summed E-state index contributed by atoms with van der Waals surface area (Å²) in [6.07, 6.45) is 3.66. The fourth-order valence-corrected chi connectivity index (χ4v) is 2.85. The number of para-hydroxylation sites is 1. The zero-order valence-electron chi connectivity index (χ0n) is 13.6. The monoisotopic (exact) mass is 348 g/mol. The Morgan fingerprint density at radius 3 is 2.83 bits per heavy atom. The number of aromatic nitrogens is 2. The number of amides is 1. The van der Waals surface area contributed by atoms with E-state index in [2.05, 4.69) is 22.4 Å². The number of likely N-dealkylation sites (tertiary alicyclic amines) is 1. The maximum atomic E-state index is 12.3. The number of ether oxygens (including phenoxy) is 1. The van der Waals surface area contributed by atoms with Gasteiger partial charge in [0.1, 0.15) is 11.4 Å². The molecule has 2 heterocycles. The summed E-state index contributed by atoms with van der Waals surface area (Å²) in [6.45, 7) is 2.21. The van der Waals surface area contributed by atoms with Gasteiger partial charge < -0.3 is 15.0 Å². The number of halogens is 1. The fraction of sp³-hybridized carbons (Fsp3) is 0.412. The smallest absolute Gasteiger partial charge is 0.271 e. The van der Waals surface area contributed by atoms with Crippen LogP contribution in [0.25, 0.3) is 0 Å². The van der Waals surface area contributed by atoms with Crippen molar-refractivity contribution in [3.05, 3.63) is 47.2 Å². The van der Waals surface area contributed by atoms with Gasteiger partial charge in [-0.15, -0.1) is 0 Å². The van der Waals surface area contributed by atoms with Crippen molar-refractivity contribution in [2.45, 2.75) is 25.6 Å². The molecule has 7 heteroatoms. The number of carbonyl (C=O) groups is 1. The maximum Gasteiger partial charge on any atom is 0.271 e. The van der Waals surface area contributed by atoms with Crippen molar-refractivity contribution in [3.8, 4) is 5.75 Å². The molecule has 1 aliphatic heterocycles. The van der Waals surface area contributed by atoms with Gasteiger partial charge in [0.15, 0.2) is 6.73 Å². The van der Waals surface area contributed by atoms with Gasteiger partial charge in [0.25, 0.3) is 5.91 Å². The van der Waals surface area contributed by atoms with Crippen LogP contribution >= 0.6 is 11.6 Å². The second-order valence-electron chi connectivity index (χ2n) is 6.00. The van der Waals surface area contributed by atoms with Crippen LogP contribution in [0.5, 0.6) is 5.75 Å². The van der Waals surface area contributed by atoms with E-state index in [0.29, 0.717) is 16.5 Å². The largest absolute Gasteiger partial charge is 0.470 e. The molecule has 1 aromatic carbocycles. The normalized spacial score (nSPS) is 16.1. The number of hydrogen-bond donors (Lipinski definition) is 1. The molecule has 0 unspecified atom stereocenters. The van der Waals surface area contributed by atoms with Crippen LogP contribution in [0.4, 0.5) is 0 Å². The average Bonchev–Trinajstić information content (AvgIpc) is 3.05. The lowest BCUT2D eigenvalue weighted by Gasteiger charge is -2.29. The molecule has 1 aliphatic rings. The molecule has 128 valence electrons. The lowest BCUT2D eigenvalue weighted by atomic mass is 10.1. The van der Waals surface area contributed by atoms with Crippen LogP contribution in [-0.4, -0.2) is 46.8 Å². The van der Waals surface area contributed by atoms with E-state index in [-0.39, 0.29) is 18.7 Å². The minimum atomic E-state index is -0.138. The summed E-state index contributed by atoms with van der Waals surface area (Å²) in [5.41, 5.74) is 0.400. The zero-order valence-corrected chi connectivity index (χ0v) is 14.4. The van der Waals surface area contributed by atoms with Gasteiger partial charge in [-0.05, 0) is 51.2 Å². The second kappa shape index (κ2) is 7.68. The van der Waals surface area contributed by atoms with Crippen LogP contribution in [0, 0.1) is 0 Å². The number of carbonyl (C=O) groups excluding carboxylic acids is 1. The van der Waals surface area contributed by atoms with Gasteiger partial charge in [0.2, 0.25) is 0 Å². The number of nitrogens with zero attached hydrogens (tertiary/aromatic N) is 3. The number of benzene rings is 1. The van der Waals surface area contributed by atoms with E-state index in [9.17, 15) is 4.79 Å². The van der Waals surface area contributed by atoms with Gasteiger partial charge in [0.05, 0.1) is 5.02 Å². The first-order valence-corrected chi connectivity index (χ1v) is 8.40. The quantitative estimate of drug-likeness (QED) is 0.901. The molecule has 3 rings (SSSR count). The average molecular weight is 349 g/mol. The predicted octanol–water partition coefficient (Wildman–Crippen LogP) is 2.40. The van der Waals surface area contributed by atoms with Gasteiger partial charge >= 0.3 is 0 Å². The van der Waals surface area contributed by atoms with Crippen molar-refractivity contribution >= 4 is 17.5 Å². The van der Waals surface area contributed by atoms with Crippen molar-refractivity contribution < 1.29 is 9.53 Å². The number of rotatable bonds is 5. The molecule has 0 saturated carbocycles. The molecule has 0 radical (unpaired) electrons. The Morgan fingerprint density at radius 1 is 1.33 bits per heavy atom. The highest BCUT2D eigenvalue weighted by Gasteiger charge is 2.20. The minimum Gasteiger partial charge on any atom is -0.470 e. The van der Waals surface area contributed by atoms with Crippen molar-refractivity contribution in [1.82, 2.24) is 20.0 Å². The lowest BCUT2D eigenvalue weighted by Crippen LogP contribution is -2.43. The van der Waals surface area contributed by atoms with Crippen molar-refractivity contribution in [2.75, 3.05) is 20.1 Å². The predicted molar refractivity (Wildman–Crippen MR) is 92.3 cm³/mol. The van der Waals surface area contributed by atoms with Gasteiger partial charge in [-0.25, -0.2) is 4.68 Å². The molecular formula is C17H21ClN4O2. The highest BCUT2D eigenvalue weighted by Crippen LogP contribution is 2.23. The van der Waals surface area contributed by atoms with Gasteiger partial charge in [-0.3, -0.25) is 4.79 Å². The third-order valence-corrected chi connectivity index (χ3v) is 4.43. The Bertz CT molecular complexity index is 695. The summed E-state index contributed by atoms with van der Waals surface area (Å²) < 4.78 is 7.19. The third kappa shape index (κ3) is 4.27. The Morgan fingerprint density at radius 2 is 2.08 bits per heavy atom. The molecule has 0 bridgehead atoms. The van der Waals surface area contributed by atoms with Crippen molar-refractivity contribution in [3.63, 3.8) is 0 Å². The zero-order chi connectivity index (χ0) is 16.9. The van der Waals surface area contributed by atoms with E-state index >= 15 is 0 Å². The third-order valence-electron chi connectivity index (χ3n) is 4.12. The SMILES string of the molecule is CN1CCC(NC(=O)c2ccn(COc3ccccc3Cl)n2)CC1. The summed E-state index contributed by atoms with van der Waals surface area (Å²) in [5, 5.41) is 7.86. The Balaban J connectivity index is 1.53. The molecule has 6 nitrogen and oxygen atoms in total. The first-order chi connectivity index (χ1) is 11.6. The Kier molecular flexibility index (Phi) is 5.37. The number of hydrogen-bond acceptors (Lipinski definition) is 4. The molecule has 0 aliphatic carbocycles. The van der Waals surface area contributed by atoms with Crippen LogP contribution < -0.4 is 10.1 Å². The second-order valence-corrected chi connectivity index (χ2v) is 6.40. The van der Waals surface area contributed by atoms with Crippen LogP contribution in [0.15, 0.2) is 36.5 Å². The van der Waals surface area contributed by atoms with Crippen LogP contribution in [-0.2, 0) is 6.73 Å². The van der Waals surface area contributed by atoms with E-state index in [1.54, 1.807) is 29.1 Å². The maximum absolute atomic E-state index is 12.3. The molecule has 24 heavy (non-hydrogen) atoms. The summed E-state index contributed by atoms with van der Waals surface area (Å²) in [6, 6.07) is 9.16. The molecule has 1 saturated heterocycles. The van der Waals surface area contributed by atoms with Crippen LogP contribution in [0.2, 0.25) is 5.02 Å². The highest BCUT2D eigenvalue weighted by atomic mass is 35.5. The van der Waals surface area contributed by atoms with Crippen LogP contribution in [0.1, 0.15) is 23.3 Å². The van der Waals surface area contributed by atoms with Crippen molar-refractivity contribution in [2.24, 2.45) is 0 Å². The van der Waals surface area contributed by atoms with E-state index < -0.39 is 0 Å². The van der Waals surface area contributed by atoms with Crippen molar-refractivity contribution in [1.29, 1.82) is 0 Å². The van der Waals surface area contributed by atoms with Gasteiger partial charge in [0, 0.05) is 12.2 Å². The first-order valence-electron chi connectivity index (χ1n) is 8.02. The number of piperidine rings is 1.